The lowest BCUT2D eigenvalue weighted by Crippen LogP contribution is -2.41. The van der Waals surface area contributed by atoms with Crippen molar-refractivity contribution in [3.8, 4) is 0 Å². The van der Waals surface area contributed by atoms with Crippen LogP contribution in [0.5, 0.6) is 0 Å². The topological polar surface area (TPSA) is 153 Å². The molecule has 0 bridgehead atoms. The molecule has 0 aliphatic heterocycles. The Bertz CT molecular complexity index is 356. The number of amides is 2. The highest BCUT2D eigenvalue weighted by atomic mass is 16.4. The zero-order valence-corrected chi connectivity index (χ0v) is 10.1. The van der Waals surface area contributed by atoms with Crippen LogP contribution in [0.1, 0.15) is 19.3 Å². The highest BCUT2D eigenvalue weighted by Crippen LogP contribution is 2.00. The summed E-state index contributed by atoms with van der Waals surface area (Å²) in [7, 11) is 0. The molecule has 0 aliphatic carbocycles. The molecule has 0 aromatic carbocycles. The summed E-state index contributed by atoms with van der Waals surface area (Å²) in [5.74, 6) is -5.50. The van der Waals surface area contributed by atoms with Crippen molar-refractivity contribution >= 4 is 23.8 Å². The van der Waals surface area contributed by atoms with Crippen molar-refractivity contribution < 1.29 is 34.5 Å². The molecule has 0 fully saturated rings. The predicted molar refractivity (Wildman–Crippen MR) is 61.1 cm³/mol. The zero-order chi connectivity index (χ0) is 14.8. The summed E-state index contributed by atoms with van der Waals surface area (Å²) in [6.07, 6.45) is 1.24. The lowest BCUT2D eigenvalue weighted by atomic mass is 10.1. The Morgan fingerprint density at radius 2 is 1.53 bits per heavy atom. The van der Waals surface area contributed by atoms with Crippen LogP contribution in [0, 0.1) is 0 Å². The van der Waals surface area contributed by atoms with Gasteiger partial charge in [-0.3, -0.25) is 9.59 Å². The van der Waals surface area contributed by atoms with Crippen LogP contribution in [0.2, 0.25) is 0 Å². The Morgan fingerprint density at radius 3 is 2.00 bits per heavy atom. The molecule has 0 aliphatic rings. The summed E-state index contributed by atoms with van der Waals surface area (Å²) in [6.45, 7) is -0.253. The predicted octanol–water partition coefficient (Wildman–Crippen LogP) is -2.08. The van der Waals surface area contributed by atoms with Gasteiger partial charge >= 0.3 is 23.8 Å². The van der Waals surface area contributed by atoms with Crippen LogP contribution in [-0.2, 0) is 19.2 Å². The van der Waals surface area contributed by atoms with E-state index < -0.39 is 36.4 Å². The quantitative estimate of drug-likeness (QED) is 0.264. The van der Waals surface area contributed by atoms with Crippen LogP contribution in [-0.4, -0.2) is 58.3 Å². The van der Waals surface area contributed by atoms with Gasteiger partial charge in [0.15, 0.2) is 0 Å². The van der Waals surface area contributed by atoms with Gasteiger partial charge in [0.25, 0.3) is 0 Å². The molecule has 9 heteroatoms. The number of rotatable bonds is 7. The molecule has 0 radical (unpaired) electrons. The third kappa shape index (κ3) is 7.71. The number of aliphatic hydroxyl groups excluding tert-OH is 1. The number of aliphatic hydroxyl groups is 1. The van der Waals surface area contributed by atoms with E-state index in [4.69, 9.17) is 15.3 Å². The molecule has 0 rings (SSSR count). The Morgan fingerprint density at radius 1 is 0.947 bits per heavy atom. The molecule has 0 aromatic heterocycles. The summed E-state index contributed by atoms with van der Waals surface area (Å²) < 4.78 is 0. The second-order valence-corrected chi connectivity index (χ2v) is 3.71. The third-order valence-corrected chi connectivity index (χ3v) is 2.21. The van der Waals surface area contributed by atoms with E-state index >= 15 is 0 Å². The molecule has 1 atom stereocenters. The second kappa shape index (κ2) is 8.86. The maximum Gasteiger partial charge on any atom is 0.394 e. The largest absolute Gasteiger partial charge is 0.474 e. The summed E-state index contributed by atoms with van der Waals surface area (Å²) in [4.78, 5) is 41.9. The van der Waals surface area contributed by atoms with Gasteiger partial charge in [-0.05, 0) is 19.3 Å². The fraction of sp³-hybridized carbons (Fsp3) is 0.600. The second-order valence-electron chi connectivity index (χ2n) is 3.71. The van der Waals surface area contributed by atoms with Crippen molar-refractivity contribution in [2.45, 2.75) is 25.3 Å². The Labute approximate surface area is 108 Å². The first-order valence-electron chi connectivity index (χ1n) is 5.54. The van der Waals surface area contributed by atoms with Gasteiger partial charge in [-0.15, -0.1) is 0 Å². The van der Waals surface area contributed by atoms with Crippen LogP contribution < -0.4 is 10.6 Å². The van der Waals surface area contributed by atoms with Crippen molar-refractivity contribution in [2.75, 3.05) is 13.2 Å². The number of carbonyl (C=O) groups excluding carboxylic acids is 2. The molecule has 0 aromatic rings. The minimum absolute atomic E-state index is 0.149. The first-order valence-corrected chi connectivity index (χ1v) is 5.54. The van der Waals surface area contributed by atoms with Crippen molar-refractivity contribution in [3.63, 3.8) is 0 Å². The number of carbonyl (C=O) groups is 4. The standard InChI is InChI=1S/C10H16N2O7/c13-5-6(12-8(15)10(18)19)3-1-2-4-11-7(14)9(16)17/h6,13H,1-5H2,(H,11,14)(H,12,15)(H,16,17)(H,18,19)/t6-/m0/s1. The normalized spacial score (nSPS) is 11.4. The zero-order valence-electron chi connectivity index (χ0n) is 10.1. The Kier molecular flexibility index (Phi) is 7.85. The average Bonchev–Trinajstić information content (AvgIpc) is 2.35. The number of aliphatic carboxylic acids is 2. The molecule has 2 amide bonds. The highest BCUT2D eigenvalue weighted by molar-refractivity contribution is 6.31. The lowest BCUT2D eigenvalue weighted by Gasteiger charge is -2.14. The number of unbranched alkanes of at least 4 members (excludes halogenated alkanes) is 1. The highest BCUT2D eigenvalue weighted by Gasteiger charge is 2.16. The fourth-order valence-corrected chi connectivity index (χ4v) is 1.25. The minimum Gasteiger partial charge on any atom is -0.474 e. The van der Waals surface area contributed by atoms with E-state index in [1.165, 1.54) is 0 Å². The maximum atomic E-state index is 10.8. The molecule has 0 heterocycles. The fourth-order valence-electron chi connectivity index (χ4n) is 1.25. The van der Waals surface area contributed by atoms with Gasteiger partial charge in [0.05, 0.1) is 12.6 Å². The molecule has 9 nitrogen and oxygen atoms in total. The molecular weight excluding hydrogens is 260 g/mol. The Balaban J connectivity index is 3.79. The van der Waals surface area contributed by atoms with E-state index in [2.05, 4.69) is 10.6 Å². The van der Waals surface area contributed by atoms with Crippen molar-refractivity contribution in [1.82, 2.24) is 10.6 Å². The number of hydrogen-bond donors (Lipinski definition) is 5. The van der Waals surface area contributed by atoms with Gasteiger partial charge in [-0.1, -0.05) is 0 Å². The first kappa shape index (κ1) is 16.8. The molecule has 19 heavy (non-hydrogen) atoms. The number of carboxylic acids is 2. The van der Waals surface area contributed by atoms with Crippen molar-refractivity contribution in [2.24, 2.45) is 0 Å². The summed E-state index contributed by atoms with van der Waals surface area (Å²) in [5, 5.41) is 29.8. The van der Waals surface area contributed by atoms with Crippen LogP contribution in [0.3, 0.4) is 0 Å². The van der Waals surface area contributed by atoms with Crippen molar-refractivity contribution in [1.29, 1.82) is 0 Å². The molecule has 0 saturated carbocycles. The molecular formula is C10H16N2O7. The first-order chi connectivity index (χ1) is 8.88. The number of hydrogen-bond acceptors (Lipinski definition) is 5. The van der Waals surface area contributed by atoms with E-state index in [1.807, 2.05) is 0 Å². The van der Waals surface area contributed by atoms with E-state index in [9.17, 15) is 19.2 Å². The van der Waals surface area contributed by atoms with Gasteiger partial charge in [-0.25, -0.2) is 9.59 Å². The summed E-state index contributed by atoms with van der Waals surface area (Å²) >= 11 is 0. The monoisotopic (exact) mass is 276 g/mol. The van der Waals surface area contributed by atoms with E-state index in [-0.39, 0.29) is 6.54 Å². The molecule has 0 spiro atoms. The SMILES string of the molecule is O=C(O)C(=O)NCCCC[C@@H](CO)NC(=O)C(=O)O. The summed E-state index contributed by atoms with van der Waals surface area (Å²) in [6, 6.07) is -0.682. The number of nitrogens with one attached hydrogen (secondary N) is 2. The smallest absolute Gasteiger partial charge is 0.394 e. The Hall–Kier alpha value is -2.16. The molecule has 5 N–H and O–H groups in total. The van der Waals surface area contributed by atoms with Gasteiger partial charge in [0.1, 0.15) is 0 Å². The van der Waals surface area contributed by atoms with Gasteiger partial charge in [-0.2, -0.15) is 0 Å². The average molecular weight is 276 g/mol. The van der Waals surface area contributed by atoms with E-state index in [0.29, 0.717) is 19.3 Å². The molecule has 108 valence electrons. The van der Waals surface area contributed by atoms with Crippen molar-refractivity contribution in [3.05, 3.63) is 0 Å². The van der Waals surface area contributed by atoms with Crippen LogP contribution in [0.25, 0.3) is 0 Å². The van der Waals surface area contributed by atoms with E-state index in [0.717, 1.165) is 0 Å². The maximum absolute atomic E-state index is 10.8. The lowest BCUT2D eigenvalue weighted by molar-refractivity contribution is -0.150. The minimum atomic E-state index is -1.63. The van der Waals surface area contributed by atoms with Crippen LogP contribution in [0.15, 0.2) is 0 Å². The molecule has 0 saturated heterocycles. The number of carboxylic acid groups (broad SMARTS) is 2. The van der Waals surface area contributed by atoms with E-state index in [1.54, 1.807) is 0 Å². The van der Waals surface area contributed by atoms with Gasteiger partial charge in [0, 0.05) is 6.54 Å². The van der Waals surface area contributed by atoms with Gasteiger partial charge < -0.3 is 26.0 Å². The molecule has 0 unspecified atom stereocenters. The van der Waals surface area contributed by atoms with Crippen LogP contribution in [0.4, 0.5) is 0 Å². The van der Waals surface area contributed by atoms with Gasteiger partial charge in [0.2, 0.25) is 0 Å². The summed E-state index contributed by atoms with van der Waals surface area (Å²) in [5.41, 5.74) is 0. The van der Waals surface area contributed by atoms with Crippen LogP contribution >= 0.6 is 0 Å². The third-order valence-electron chi connectivity index (χ3n) is 2.21.